The number of H-pyrrole nitrogens is 1. The number of carbonyl (C=O) groups excluding carboxylic acids is 1. The maximum absolute atomic E-state index is 12.0. The number of fused-ring (bicyclic) bond motifs is 1. The SMILES string of the molecule is CNC(=O)c1n[nH]c2cc(O)c(O)c(Cl)c2c1=O. The van der Waals surface area contributed by atoms with Crippen molar-refractivity contribution in [2.75, 3.05) is 7.05 Å². The number of carbonyl (C=O) groups is 1. The number of aromatic hydroxyl groups is 2. The normalized spacial score (nSPS) is 10.6. The highest BCUT2D eigenvalue weighted by Gasteiger charge is 2.19. The fourth-order valence-corrected chi connectivity index (χ4v) is 1.78. The fourth-order valence-electron chi connectivity index (χ4n) is 1.49. The number of halogens is 1. The number of nitrogens with one attached hydrogen (secondary N) is 2. The van der Waals surface area contributed by atoms with Gasteiger partial charge in [-0.2, -0.15) is 5.10 Å². The molecule has 1 aromatic carbocycles. The van der Waals surface area contributed by atoms with Crippen molar-refractivity contribution in [3.63, 3.8) is 0 Å². The van der Waals surface area contributed by atoms with E-state index in [1.54, 1.807) is 0 Å². The second kappa shape index (κ2) is 4.19. The number of phenolic OH excluding ortho intramolecular Hbond substituents is 2. The van der Waals surface area contributed by atoms with Crippen molar-refractivity contribution in [2.45, 2.75) is 0 Å². The topological polar surface area (TPSA) is 115 Å². The molecule has 1 heterocycles. The first-order chi connectivity index (χ1) is 8.47. The van der Waals surface area contributed by atoms with Gasteiger partial charge in [0.25, 0.3) is 5.91 Å². The van der Waals surface area contributed by atoms with E-state index in [4.69, 9.17) is 11.6 Å². The Morgan fingerprint density at radius 1 is 1.50 bits per heavy atom. The highest BCUT2D eigenvalue weighted by atomic mass is 35.5. The Morgan fingerprint density at radius 2 is 2.17 bits per heavy atom. The van der Waals surface area contributed by atoms with Crippen LogP contribution in [0.2, 0.25) is 5.02 Å². The van der Waals surface area contributed by atoms with Gasteiger partial charge in [-0.3, -0.25) is 14.7 Å². The molecule has 0 aliphatic carbocycles. The van der Waals surface area contributed by atoms with Gasteiger partial charge in [0, 0.05) is 13.1 Å². The second-order valence-electron chi connectivity index (χ2n) is 3.46. The lowest BCUT2D eigenvalue weighted by Crippen LogP contribution is -2.27. The molecule has 0 spiro atoms. The Labute approximate surface area is 105 Å². The van der Waals surface area contributed by atoms with Gasteiger partial charge in [0.2, 0.25) is 5.43 Å². The summed E-state index contributed by atoms with van der Waals surface area (Å²) in [5.74, 6) is -1.79. The quantitative estimate of drug-likeness (QED) is 0.558. The van der Waals surface area contributed by atoms with Crippen molar-refractivity contribution < 1.29 is 15.0 Å². The first kappa shape index (κ1) is 12.2. The van der Waals surface area contributed by atoms with Gasteiger partial charge in [0.15, 0.2) is 17.2 Å². The minimum atomic E-state index is -0.733. The van der Waals surface area contributed by atoms with Crippen LogP contribution >= 0.6 is 11.6 Å². The number of phenols is 2. The maximum Gasteiger partial charge on any atom is 0.275 e. The maximum atomic E-state index is 12.0. The molecule has 0 aliphatic rings. The summed E-state index contributed by atoms with van der Waals surface area (Å²) in [4.78, 5) is 23.4. The molecule has 1 amide bonds. The van der Waals surface area contributed by atoms with Crippen molar-refractivity contribution in [2.24, 2.45) is 0 Å². The Kier molecular flexibility index (Phi) is 2.84. The molecule has 0 atom stereocenters. The molecule has 0 bridgehead atoms. The van der Waals surface area contributed by atoms with E-state index in [0.29, 0.717) is 0 Å². The van der Waals surface area contributed by atoms with E-state index < -0.39 is 22.8 Å². The van der Waals surface area contributed by atoms with Gasteiger partial charge in [-0.1, -0.05) is 11.6 Å². The molecule has 2 aromatic rings. The molecular formula is C10H8ClN3O4. The van der Waals surface area contributed by atoms with Crippen LogP contribution in [0.3, 0.4) is 0 Å². The Bertz CT molecular complexity index is 710. The van der Waals surface area contributed by atoms with E-state index in [1.807, 2.05) is 0 Å². The summed E-state index contributed by atoms with van der Waals surface area (Å²) in [7, 11) is 1.35. The van der Waals surface area contributed by atoms with Crippen LogP contribution in [0.1, 0.15) is 10.5 Å². The van der Waals surface area contributed by atoms with Gasteiger partial charge >= 0.3 is 0 Å². The molecule has 0 unspecified atom stereocenters. The molecule has 0 radical (unpaired) electrons. The van der Waals surface area contributed by atoms with Gasteiger partial charge in [-0.25, -0.2) is 0 Å². The number of rotatable bonds is 1. The second-order valence-corrected chi connectivity index (χ2v) is 3.84. The van der Waals surface area contributed by atoms with E-state index >= 15 is 0 Å². The minimum Gasteiger partial charge on any atom is -0.504 e. The number of aromatic nitrogens is 2. The zero-order valence-electron chi connectivity index (χ0n) is 9.11. The molecule has 0 saturated heterocycles. The lowest BCUT2D eigenvalue weighted by atomic mass is 10.1. The van der Waals surface area contributed by atoms with E-state index in [9.17, 15) is 19.8 Å². The Hall–Kier alpha value is -2.28. The summed E-state index contributed by atoms with van der Waals surface area (Å²) >= 11 is 5.77. The molecule has 0 saturated carbocycles. The number of hydrogen-bond acceptors (Lipinski definition) is 5. The van der Waals surface area contributed by atoms with Gasteiger partial charge in [0.05, 0.1) is 15.9 Å². The van der Waals surface area contributed by atoms with Crippen molar-refractivity contribution in [3.05, 3.63) is 27.0 Å². The van der Waals surface area contributed by atoms with Crippen LogP contribution in [0, 0.1) is 0 Å². The van der Waals surface area contributed by atoms with E-state index in [2.05, 4.69) is 15.5 Å². The largest absolute Gasteiger partial charge is 0.504 e. The predicted octanol–water partition coefficient (Wildman–Crippen LogP) is 0.347. The number of hydrogen-bond donors (Lipinski definition) is 4. The standard InChI is InChI=1S/C10H8ClN3O4/c1-12-10(18)7-9(17)5-3(13-14-7)2-4(15)8(16)6(5)11/h2,15-16H,1H3,(H,12,18)(H,13,17). The van der Waals surface area contributed by atoms with Crippen LogP contribution in [0.15, 0.2) is 10.9 Å². The van der Waals surface area contributed by atoms with Gasteiger partial charge in [-0.05, 0) is 0 Å². The average Bonchev–Trinajstić information content (AvgIpc) is 2.35. The van der Waals surface area contributed by atoms with Crippen LogP contribution in [-0.4, -0.2) is 33.4 Å². The highest BCUT2D eigenvalue weighted by molar-refractivity contribution is 6.37. The molecule has 1 aromatic heterocycles. The van der Waals surface area contributed by atoms with Crippen molar-refractivity contribution in [1.29, 1.82) is 0 Å². The fraction of sp³-hybridized carbons (Fsp3) is 0.100. The third-order valence-electron chi connectivity index (χ3n) is 2.39. The summed E-state index contributed by atoms with van der Waals surface area (Å²) in [6, 6.07) is 1.10. The zero-order valence-corrected chi connectivity index (χ0v) is 9.87. The minimum absolute atomic E-state index is 0.111. The first-order valence-corrected chi connectivity index (χ1v) is 5.20. The highest BCUT2D eigenvalue weighted by Crippen LogP contribution is 2.37. The van der Waals surface area contributed by atoms with Crippen molar-refractivity contribution in [1.82, 2.24) is 15.5 Å². The molecule has 2 rings (SSSR count). The lowest BCUT2D eigenvalue weighted by Gasteiger charge is -2.06. The third-order valence-corrected chi connectivity index (χ3v) is 2.76. The Balaban J connectivity index is 2.91. The van der Waals surface area contributed by atoms with Crippen LogP contribution in [0.25, 0.3) is 10.9 Å². The lowest BCUT2D eigenvalue weighted by molar-refractivity contribution is 0.0956. The van der Waals surface area contributed by atoms with E-state index in [-0.39, 0.29) is 21.6 Å². The molecule has 18 heavy (non-hydrogen) atoms. The van der Waals surface area contributed by atoms with Gasteiger partial charge < -0.3 is 15.5 Å². The van der Waals surface area contributed by atoms with Crippen LogP contribution < -0.4 is 10.7 Å². The van der Waals surface area contributed by atoms with Gasteiger partial charge in [-0.15, -0.1) is 0 Å². The summed E-state index contributed by atoms with van der Waals surface area (Å²) in [5, 5.41) is 26.6. The molecule has 94 valence electrons. The number of nitrogens with zero attached hydrogens (tertiary/aromatic N) is 1. The van der Waals surface area contributed by atoms with E-state index in [1.165, 1.54) is 7.05 Å². The molecule has 4 N–H and O–H groups in total. The molecule has 8 heteroatoms. The van der Waals surface area contributed by atoms with Crippen molar-refractivity contribution >= 4 is 28.4 Å². The smallest absolute Gasteiger partial charge is 0.275 e. The van der Waals surface area contributed by atoms with E-state index in [0.717, 1.165) is 6.07 Å². The third kappa shape index (κ3) is 1.65. The van der Waals surface area contributed by atoms with Crippen LogP contribution in [-0.2, 0) is 0 Å². The van der Waals surface area contributed by atoms with Crippen LogP contribution in [0.5, 0.6) is 11.5 Å². The molecule has 0 fully saturated rings. The average molecular weight is 270 g/mol. The Morgan fingerprint density at radius 3 is 2.78 bits per heavy atom. The zero-order chi connectivity index (χ0) is 13.4. The van der Waals surface area contributed by atoms with Gasteiger partial charge in [0.1, 0.15) is 0 Å². The number of amides is 1. The predicted molar refractivity (Wildman–Crippen MR) is 64.1 cm³/mol. The molecule has 7 nitrogen and oxygen atoms in total. The summed E-state index contributed by atoms with van der Waals surface area (Å²) in [6.07, 6.45) is 0. The summed E-state index contributed by atoms with van der Waals surface area (Å²) in [5.41, 5.74) is -0.992. The van der Waals surface area contributed by atoms with Crippen molar-refractivity contribution in [3.8, 4) is 11.5 Å². The van der Waals surface area contributed by atoms with Crippen LogP contribution in [0.4, 0.5) is 0 Å². The number of aromatic amines is 1. The molecular weight excluding hydrogens is 262 g/mol. The first-order valence-electron chi connectivity index (χ1n) is 4.82. The molecule has 0 aliphatic heterocycles. The number of benzene rings is 1. The summed E-state index contributed by atoms with van der Waals surface area (Å²) in [6.45, 7) is 0. The summed E-state index contributed by atoms with van der Waals surface area (Å²) < 4.78 is 0. The monoisotopic (exact) mass is 269 g/mol.